The summed E-state index contributed by atoms with van der Waals surface area (Å²) in [5.74, 6) is 2.10. The quantitative estimate of drug-likeness (QED) is 0.296. The molecule has 192 valence electrons. The van der Waals surface area contributed by atoms with E-state index in [1.807, 2.05) is 52.9 Å². The molecule has 0 radical (unpaired) electrons. The molecule has 2 aromatic carbocycles. The van der Waals surface area contributed by atoms with Gasteiger partial charge in [-0.05, 0) is 60.4 Å². The number of carbonyl (C=O) groups excluding carboxylic acids is 1. The third kappa shape index (κ3) is 4.20. The van der Waals surface area contributed by atoms with Crippen molar-refractivity contribution in [2.24, 2.45) is 0 Å². The molecule has 0 unspecified atom stereocenters. The molecule has 1 aliphatic rings. The molecule has 4 heterocycles. The van der Waals surface area contributed by atoms with Crippen molar-refractivity contribution in [2.45, 2.75) is 45.8 Å². The maximum Gasteiger partial charge on any atom is 0.318 e. The number of amides is 2. The number of urea groups is 1. The van der Waals surface area contributed by atoms with Crippen molar-refractivity contribution < 1.29 is 9.21 Å². The Labute approximate surface area is 222 Å². The number of hydrogen-bond donors (Lipinski definition) is 1. The van der Waals surface area contributed by atoms with E-state index in [-0.39, 0.29) is 12.1 Å². The summed E-state index contributed by atoms with van der Waals surface area (Å²) in [7, 11) is 0. The molecule has 2 amide bonds. The molecule has 6 rings (SSSR count). The van der Waals surface area contributed by atoms with E-state index in [9.17, 15) is 4.79 Å². The number of hydrogen-bond acceptors (Lipinski definition) is 3. The summed E-state index contributed by atoms with van der Waals surface area (Å²) in [5, 5.41) is 7.99. The van der Waals surface area contributed by atoms with E-state index in [1.54, 1.807) is 6.26 Å². The first kappa shape index (κ1) is 23.9. The SMILES string of the molecule is Cc1nn(-c2ccccc2)c2c1CN(C(=O)NCc1ccco1)[C@@H](c1ccc(C(C)C)cc1)c1cccn1-2. The van der Waals surface area contributed by atoms with Crippen LogP contribution < -0.4 is 5.32 Å². The van der Waals surface area contributed by atoms with Crippen LogP contribution in [0, 0.1) is 6.92 Å². The first-order chi connectivity index (χ1) is 18.5. The van der Waals surface area contributed by atoms with Crippen LogP contribution in [0.15, 0.2) is 95.7 Å². The molecule has 1 aliphatic heterocycles. The predicted molar refractivity (Wildman–Crippen MR) is 146 cm³/mol. The standard InChI is InChI=1S/C31H31N5O2/c1-21(2)23-13-15-24(16-14-23)29-28-12-7-17-34(28)30-27(22(3)33-36(30)25-9-5-4-6-10-25)20-35(29)31(37)32-19-26-11-8-18-38-26/h4-18,21,29H,19-20H2,1-3H3,(H,32,37)/t29-/m0/s1. The number of nitrogens with zero attached hydrogens (tertiary/aromatic N) is 4. The molecule has 1 N–H and O–H groups in total. The Morgan fingerprint density at radius 2 is 1.82 bits per heavy atom. The molecular formula is C31H31N5O2. The van der Waals surface area contributed by atoms with Gasteiger partial charge in [-0.3, -0.25) is 0 Å². The van der Waals surface area contributed by atoms with Crippen molar-refractivity contribution in [3.63, 3.8) is 0 Å². The number of para-hydroxylation sites is 1. The first-order valence-corrected chi connectivity index (χ1v) is 13.0. The lowest BCUT2D eigenvalue weighted by atomic mass is 9.97. The summed E-state index contributed by atoms with van der Waals surface area (Å²) in [6, 6.07) is 26.1. The van der Waals surface area contributed by atoms with Gasteiger partial charge in [0, 0.05) is 11.8 Å². The third-order valence-corrected chi connectivity index (χ3v) is 7.26. The van der Waals surface area contributed by atoms with Gasteiger partial charge < -0.3 is 19.2 Å². The van der Waals surface area contributed by atoms with E-state index in [1.165, 1.54) is 5.56 Å². The summed E-state index contributed by atoms with van der Waals surface area (Å²) in [4.78, 5) is 15.8. The average Bonchev–Trinajstić information content (AvgIpc) is 3.67. The van der Waals surface area contributed by atoms with Crippen molar-refractivity contribution >= 4 is 6.03 Å². The van der Waals surface area contributed by atoms with E-state index in [0.717, 1.165) is 34.0 Å². The van der Waals surface area contributed by atoms with Gasteiger partial charge >= 0.3 is 6.03 Å². The highest BCUT2D eigenvalue weighted by Gasteiger charge is 2.36. The summed E-state index contributed by atoms with van der Waals surface area (Å²) in [6.07, 6.45) is 3.68. The van der Waals surface area contributed by atoms with Crippen LogP contribution >= 0.6 is 0 Å². The molecule has 0 fully saturated rings. The van der Waals surface area contributed by atoms with Gasteiger partial charge in [-0.1, -0.05) is 56.3 Å². The van der Waals surface area contributed by atoms with Crippen molar-refractivity contribution in [3.05, 3.63) is 125 Å². The highest BCUT2D eigenvalue weighted by atomic mass is 16.3. The fourth-order valence-electron chi connectivity index (χ4n) is 5.24. The molecule has 0 spiro atoms. The van der Waals surface area contributed by atoms with Gasteiger partial charge in [0.25, 0.3) is 0 Å². The van der Waals surface area contributed by atoms with E-state index < -0.39 is 0 Å². The van der Waals surface area contributed by atoms with Crippen LogP contribution in [0.3, 0.4) is 0 Å². The number of rotatable bonds is 5. The largest absolute Gasteiger partial charge is 0.467 e. The Hall–Kier alpha value is -4.52. The number of nitrogens with one attached hydrogen (secondary N) is 1. The smallest absolute Gasteiger partial charge is 0.318 e. The van der Waals surface area contributed by atoms with E-state index in [2.05, 4.69) is 72.4 Å². The number of aryl methyl sites for hydroxylation is 1. The number of furan rings is 1. The van der Waals surface area contributed by atoms with E-state index in [4.69, 9.17) is 9.52 Å². The van der Waals surface area contributed by atoms with Crippen LogP contribution in [0.1, 0.15) is 59.6 Å². The highest BCUT2D eigenvalue weighted by Crippen LogP contribution is 2.38. The molecule has 0 saturated carbocycles. The second-order valence-corrected chi connectivity index (χ2v) is 10.0. The molecule has 0 saturated heterocycles. The van der Waals surface area contributed by atoms with Gasteiger partial charge in [0.2, 0.25) is 0 Å². The highest BCUT2D eigenvalue weighted by molar-refractivity contribution is 5.76. The molecule has 0 bridgehead atoms. The Balaban J connectivity index is 1.49. The van der Waals surface area contributed by atoms with Gasteiger partial charge in [0.15, 0.2) is 0 Å². The van der Waals surface area contributed by atoms with Crippen LogP contribution in [0.4, 0.5) is 4.79 Å². The van der Waals surface area contributed by atoms with Gasteiger partial charge in [-0.2, -0.15) is 5.10 Å². The van der Waals surface area contributed by atoms with Crippen LogP contribution in [-0.2, 0) is 13.1 Å². The first-order valence-electron chi connectivity index (χ1n) is 13.0. The minimum atomic E-state index is -0.293. The maximum atomic E-state index is 13.9. The maximum absolute atomic E-state index is 13.9. The van der Waals surface area contributed by atoms with Crippen LogP contribution in [0.2, 0.25) is 0 Å². The molecule has 3 aromatic heterocycles. The fraction of sp³-hybridized carbons (Fsp3) is 0.226. The Morgan fingerprint density at radius 3 is 2.53 bits per heavy atom. The van der Waals surface area contributed by atoms with Crippen LogP contribution in [0.5, 0.6) is 0 Å². The normalized spacial score (nSPS) is 14.7. The molecule has 0 aliphatic carbocycles. The fourth-order valence-corrected chi connectivity index (χ4v) is 5.24. The monoisotopic (exact) mass is 505 g/mol. The number of benzene rings is 2. The van der Waals surface area contributed by atoms with Gasteiger partial charge in [0.05, 0.1) is 42.5 Å². The lowest BCUT2D eigenvalue weighted by Crippen LogP contribution is -2.41. The second kappa shape index (κ2) is 9.74. The average molecular weight is 506 g/mol. The predicted octanol–water partition coefficient (Wildman–Crippen LogP) is 6.50. The van der Waals surface area contributed by atoms with Crippen molar-refractivity contribution in [1.82, 2.24) is 24.6 Å². The molecule has 5 aromatic rings. The Bertz CT molecular complexity index is 1550. The van der Waals surface area contributed by atoms with Crippen LogP contribution in [0.25, 0.3) is 11.5 Å². The zero-order valence-electron chi connectivity index (χ0n) is 21.8. The number of aromatic nitrogens is 3. The van der Waals surface area contributed by atoms with Gasteiger partial charge in [-0.15, -0.1) is 0 Å². The van der Waals surface area contributed by atoms with Crippen molar-refractivity contribution in [2.75, 3.05) is 0 Å². The molecule has 7 heteroatoms. The summed E-state index contributed by atoms with van der Waals surface area (Å²) in [5.41, 5.74) is 6.22. The number of carbonyl (C=O) groups is 1. The van der Waals surface area contributed by atoms with E-state index in [0.29, 0.717) is 24.8 Å². The molecule has 38 heavy (non-hydrogen) atoms. The second-order valence-electron chi connectivity index (χ2n) is 10.0. The minimum absolute atomic E-state index is 0.160. The summed E-state index contributed by atoms with van der Waals surface area (Å²) >= 11 is 0. The van der Waals surface area contributed by atoms with Gasteiger partial charge in [0.1, 0.15) is 11.6 Å². The Morgan fingerprint density at radius 1 is 1.03 bits per heavy atom. The van der Waals surface area contributed by atoms with Crippen molar-refractivity contribution in [1.29, 1.82) is 0 Å². The molecule has 1 atom stereocenters. The molecular weight excluding hydrogens is 474 g/mol. The van der Waals surface area contributed by atoms with Crippen LogP contribution in [-0.4, -0.2) is 25.3 Å². The summed E-state index contributed by atoms with van der Waals surface area (Å²) < 4.78 is 9.63. The Kier molecular flexibility index (Phi) is 6.12. The zero-order valence-corrected chi connectivity index (χ0v) is 21.8. The lowest BCUT2D eigenvalue weighted by molar-refractivity contribution is 0.179. The lowest BCUT2D eigenvalue weighted by Gasteiger charge is -2.31. The third-order valence-electron chi connectivity index (χ3n) is 7.26. The summed E-state index contributed by atoms with van der Waals surface area (Å²) in [6.45, 7) is 7.12. The zero-order chi connectivity index (χ0) is 26.2. The van der Waals surface area contributed by atoms with Gasteiger partial charge in [-0.25, -0.2) is 9.48 Å². The molecule has 7 nitrogen and oxygen atoms in total. The number of fused-ring (bicyclic) bond motifs is 3. The van der Waals surface area contributed by atoms with E-state index >= 15 is 0 Å². The topological polar surface area (TPSA) is 68.2 Å². The minimum Gasteiger partial charge on any atom is -0.467 e. The van der Waals surface area contributed by atoms with Crippen molar-refractivity contribution in [3.8, 4) is 11.5 Å².